The zero-order chi connectivity index (χ0) is 16.8. The van der Waals surface area contributed by atoms with Crippen molar-refractivity contribution in [1.29, 1.82) is 0 Å². The van der Waals surface area contributed by atoms with Crippen molar-refractivity contribution in [1.82, 2.24) is 19.7 Å². The first-order valence-electron chi connectivity index (χ1n) is 8.97. The molecule has 2 fully saturated rings. The number of hydrogen-bond donors (Lipinski definition) is 1. The van der Waals surface area contributed by atoms with Gasteiger partial charge in [0.25, 0.3) is 0 Å². The number of aromatic nitrogens is 3. The van der Waals surface area contributed by atoms with E-state index in [1.807, 2.05) is 10.7 Å². The van der Waals surface area contributed by atoms with Crippen LogP contribution in [-0.4, -0.2) is 44.0 Å². The van der Waals surface area contributed by atoms with Gasteiger partial charge < -0.3 is 9.52 Å². The Bertz CT molecular complexity index is 859. The lowest BCUT2D eigenvalue weighted by Crippen LogP contribution is -2.36. The highest BCUT2D eigenvalue weighted by Gasteiger charge is 2.42. The average molecular weight is 338 g/mol. The monoisotopic (exact) mass is 338 g/mol. The van der Waals surface area contributed by atoms with Gasteiger partial charge in [-0.2, -0.15) is 5.10 Å². The summed E-state index contributed by atoms with van der Waals surface area (Å²) in [4.78, 5) is 6.55. The van der Waals surface area contributed by atoms with Gasteiger partial charge in [0.15, 0.2) is 0 Å². The summed E-state index contributed by atoms with van der Waals surface area (Å²) in [5.41, 5.74) is 2.26. The molecular formula is C19H22N4O2. The Balaban J connectivity index is 1.29. The molecule has 0 radical (unpaired) electrons. The number of aliphatic hydroxyl groups excluding tert-OH is 1. The molecule has 1 saturated heterocycles. The van der Waals surface area contributed by atoms with E-state index < -0.39 is 0 Å². The van der Waals surface area contributed by atoms with Crippen molar-refractivity contribution in [2.75, 3.05) is 13.1 Å². The molecule has 1 aromatic carbocycles. The van der Waals surface area contributed by atoms with Crippen LogP contribution in [0.4, 0.5) is 0 Å². The van der Waals surface area contributed by atoms with Crippen LogP contribution in [0.5, 0.6) is 0 Å². The van der Waals surface area contributed by atoms with E-state index in [9.17, 15) is 5.11 Å². The number of benzene rings is 1. The fraction of sp³-hybridized carbons (Fsp3) is 0.474. The van der Waals surface area contributed by atoms with Crippen LogP contribution < -0.4 is 0 Å². The number of nitrogens with zero attached hydrogens (tertiary/aromatic N) is 4. The van der Waals surface area contributed by atoms with Crippen molar-refractivity contribution >= 4 is 11.0 Å². The number of rotatable bonds is 3. The number of furan rings is 1. The molecule has 0 amide bonds. The molecule has 2 aromatic heterocycles. The lowest BCUT2D eigenvalue weighted by atomic mass is 9.77. The summed E-state index contributed by atoms with van der Waals surface area (Å²) in [6, 6.07) is 8.50. The molecule has 5 rings (SSSR count). The van der Waals surface area contributed by atoms with Crippen molar-refractivity contribution in [2.45, 2.75) is 31.5 Å². The van der Waals surface area contributed by atoms with Crippen molar-refractivity contribution in [3.05, 3.63) is 48.7 Å². The van der Waals surface area contributed by atoms with Crippen LogP contribution in [0.1, 0.15) is 24.4 Å². The standard InChI is InChI=1S/C19H22N4O2/c24-18-7-16-10-22(8-13-1-2-19-14(5-13)3-4-25-19)9-15(16)6-17(18)23-12-20-11-21-23/h1-5,11-12,15-18,24H,6-10H2/t15-,16+,17-,18-/m1/s1. The molecule has 0 unspecified atom stereocenters. The van der Waals surface area contributed by atoms with Crippen molar-refractivity contribution in [3.63, 3.8) is 0 Å². The molecule has 0 bridgehead atoms. The Hall–Kier alpha value is -2.18. The van der Waals surface area contributed by atoms with E-state index in [2.05, 4.69) is 33.2 Å². The average Bonchev–Trinajstić information content (AvgIpc) is 3.33. The molecule has 130 valence electrons. The van der Waals surface area contributed by atoms with E-state index in [4.69, 9.17) is 4.42 Å². The smallest absolute Gasteiger partial charge is 0.137 e. The first-order valence-corrected chi connectivity index (χ1v) is 8.97. The van der Waals surface area contributed by atoms with Gasteiger partial charge in [-0.25, -0.2) is 9.67 Å². The van der Waals surface area contributed by atoms with Crippen LogP contribution in [0.25, 0.3) is 11.0 Å². The van der Waals surface area contributed by atoms with E-state index in [1.165, 1.54) is 5.56 Å². The molecule has 1 aliphatic carbocycles. The predicted octanol–water partition coefficient (Wildman–Crippen LogP) is 2.47. The summed E-state index contributed by atoms with van der Waals surface area (Å²) in [6.07, 6.45) is 6.51. The Morgan fingerprint density at radius 1 is 1.16 bits per heavy atom. The summed E-state index contributed by atoms with van der Waals surface area (Å²) in [5.74, 6) is 1.20. The molecule has 2 aliphatic rings. The quantitative estimate of drug-likeness (QED) is 0.795. The second kappa shape index (κ2) is 5.97. The maximum Gasteiger partial charge on any atom is 0.137 e. The highest BCUT2D eigenvalue weighted by molar-refractivity contribution is 5.77. The van der Waals surface area contributed by atoms with Gasteiger partial charge in [-0.05, 0) is 48.4 Å². The van der Waals surface area contributed by atoms with E-state index in [-0.39, 0.29) is 12.1 Å². The minimum absolute atomic E-state index is 0.0611. The Morgan fingerprint density at radius 2 is 2.04 bits per heavy atom. The van der Waals surface area contributed by atoms with Crippen LogP contribution in [0.15, 0.2) is 47.6 Å². The SMILES string of the molecule is O[C@@H]1C[C@H]2CN(Cc3ccc4occc4c3)C[C@H]2C[C@H]1n1cncn1. The zero-order valence-corrected chi connectivity index (χ0v) is 14.0. The second-order valence-electron chi connectivity index (χ2n) is 7.49. The van der Waals surface area contributed by atoms with Crippen LogP contribution in [-0.2, 0) is 6.54 Å². The van der Waals surface area contributed by atoms with Gasteiger partial charge in [-0.3, -0.25) is 4.90 Å². The van der Waals surface area contributed by atoms with Crippen molar-refractivity contribution in [3.8, 4) is 0 Å². The molecule has 1 saturated carbocycles. The minimum Gasteiger partial charge on any atom is -0.464 e. The van der Waals surface area contributed by atoms with Gasteiger partial charge in [0.05, 0.1) is 18.4 Å². The topological polar surface area (TPSA) is 67.3 Å². The number of aliphatic hydroxyl groups is 1. The van der Waals surface area contributed by atoms with Gasteiger partial charge in [0, 0.05) is 25.0 Å². The van der Waals surface area contributed by atoms with Gasteiger partial charge in [-0.1, -0.05) is 6.07 Å². The maximum absolute atomic E-state index is 10.5. The Morgan fingerprint density at radius 3 is 2.88 bits per heavy atom. The van der Waals surface area contributed by atoms with Crippen LogP contribution in [0.2, 0.25) is 0 Å². The summed E-state index contributed by atoms with van der Waals surface area (Å²) in [6.45, 7) is 3.11. The van der Waals surface area contributed by atoms with Gasteiger partial charge in [-0.15, -0.1) is 0 Å². The minimum atomic E-state index is -0.329. The van der Waals surface area contributed by atoms with Crippen LogP contribution in [0.3, 0.4) is 0 Å². The molecule has 3 heterocycles. The molecule has 25 heavy (non-hydrogen) atoms. The predicted molar refractivity (Wildman–Crippen MR) is 92.8 cm³/mol. The van der Waals surface area contributed by atoms with E-state index >= 15 is 0 Å². The van der Waals surface area contributed by atoms with Gasteiger partial charge in [0.2, 0.25) is 0 Å². The highest BCUT2D eigenvalue weighted by atomic mass is 16.3. The summed E-state index contributed by atoms with van der Waals surface area (Å²) in [7, 11) is 0. The van der Waals surface area contributed by atoms with E-state index in [1.54, 1.807) is 18.9 Å². The number of hydrogen-bond acceptors (Lipinski definition) is 5. The molecule has 1 aliphatic heterocycles. The first-order chi connectivity index (χ1) is 12.3. The molecule has 3 aromatic rings. The zero-order valence-electron chi connectivity index (χ0n) is 14.0. The second-order valence-corrected chi connectivity index (χ2v) is 7.49. The lowest BCUT2D eigenvalue weighted by Gasteiger charge is -2.35. The fourth-order valence-corrected chi connectivity index (χ4v) is 4.68. The number of likely N-dealkylation sites (tertiary alicyclic amines) is 1. The largest absolute Gasteiger partial charge is 0.464 e. The third-order valence-corrected chi connectivity index (χ3v) is 5.88. The Kier molecular flexibility index (Phi) is 3.60. The van der Waals surface area contributed by atoms with Gasteiger partial charge >= 0.3 is 0 Å². The molecular weight excluding hydrogens is 316 g/mol. The van der Waals surface area contributed by atoms with Gasteiger partial charge in [0.1, 0.15) is 18.2 Å². The summed E-state index contributed by atoms with van der Waals surface area (Å²) >= 11 is 0. The van der Waals surface area contributed by atoms with Crippen molar-refractivity contribution in [2.24, 2.45) is 11.8 Å². The maximum atomic E-state index is 10.5. The van der Waals surface area contributed by atoms with Crippen LogP contribution >= 0.6 is 0 Å². The summed E-state index contributed by atoms with van der Waals surface area (Å²) < 4.78 is 7.25. The highest BCUT2D eigenvalue weighted by Crippen LogP contribution is 2.41. The fourth-order valence-electron chi connectivity index (χ4n) is 4.68. The summed E-state index contributed by atoms with van der Waals surface area (Å²) in [5, 5.41) is 15.9. The van der Waals surface area contributed by atoms with Crippen LogP contribution in [0, 0.1) is 11.8 Å². The van der Waals surface area contributed by atoms with E-state index in [0.717, 1.165) is 43.4 Å². The van der Waals surface area contributed by atoms with E-state index in [0.29, 0.717) is 11.8 Å². The third-order valence-electron chi connectivity index (χ3n) is 5.88. The number of fused-ring (bicyclic) bond motifs is 2. The third kappa shape index (κ3) is 2.75. The molecule has 6 heteroatoms. The first kappa shape index (κ1) is 15.1. The van der Waals surface area contributed by atoms with Crippen molar-refractivity contribution < 1.29 is 9.52 Å². The Labute approximate surface area is 146 Å². The lowest BCUT2D eigenvalue weighted by molar-refractivity contribution is 0.0304. The molecule has 4 atom stereocenters. The molecule has 6 nitrogen and oxygen atoms in total. The molecule has 0 spiro atoms. The molecule has 1 N–H and O–H groups in total. The normalized spacial score (nSPS) is 30.0.